The molecule has 0 saturated heterocycles. The van der Waals surface area contributed by atoms with Crippen LogP contribution in [0, 0.1) is 0 Å². The molecule has 1 aliphatic rings. The maximum absolute atomic E-state index is 10.4. The molecule has 1 rings (SSSR count). The van der Waals surface area contributed by atoms with E-state index in [0.29, 0.717) is 25.7 Å². The first kappa shape index (κ1) is 11.5. The smallest absolute Gasteiger partial charge is 0.0970 e. The van der Waals surface area contributed by atoms with Gasteiger partial charge in [-0.1, -0.05) is 25.0 Å². The summed E-state index contributed by atoms with van der Waals surface area (Å²) in [6.07, 6.45) is 7.54. The molecule has 0 radical (unpaired) electrons. The molecular weight excluding hydrogens is 176 g/mol. The first-order chi connectivity index (χ1) is 6.58. The number of aliphatic hydroxyl groups is 2. The highest BCUT2D eigenvalue weighted by Crippen LogP contribution is 2.42. The van der Waals surface area contributed by atoms with Crippen molar-refractivity contribution in [1.29, 1.82) is 0 Å². The fourth-order valence-corrected chi connectivity index (χ4v) is 2.36. The summed E-state index contributed by atoms with van der Waals surface area (Å²) in [5, 5.41) is 20.7. The minimum absolute atomic E-state index is 0.456. The summed E-state index contributed by atoms with van der Waals surface area (Å²) in [5.74, 6) is 0. The van der Waals surface area contributed by atoms with Crippen molar-refractivity contribution in [2.75, 3.05) is 0 Å². The molecule has 2 nitrogen and oxygen atoms in total. The van der Waals surface area contributed by atoms with E-state index in [1.807, 2.05) is 0 Å². The lowest BCUT2D eigenvalue weighted by Gasteiger charge is -2.46. The van der Waals surface area contributed by atoms with Crippen LogP contribution in [0.3, 0.4) is 0 Å². The normalized spacial score (nSPS) is 37.9. The molecule has 0 aliphatic heterocycles. The minimum Gasteiger partial charge on any atom is -0.387 e. The first-order valence-corrected chi connectivity index (χ1v) is 5.24. The Morgan fingerprint density at radius 3 is 1.57 bits per heavy atom. The molecule has 1 saturated carbocycles. The average Bonchev–Trinajstić information content (AvgIpc) is 2.12. The van der Waals surface area contributed by atoms with Gasteiger partial charge in [0, 0.05) is 0 Å². The highest BCUT2D eigenvalue weighted by molar-refractivity contribution is 5.07. The molecule has 0 amide bonds. The lowest BCUT2D eigenvalue weighted by atomic mass is 9.68. The molecule has 0 aromatic rings. The molecular formula is C12H20O2. The van der Waals surface area contributed by atoms with E-state index < -0.39 is 11.2 Å². The maximum Gasteiger partial charge on any atom is 0.0970 e. The summed E-state index contributed by atoms with van der Waals surface area (Å²) >= 11 is 0. The molecule has 2 N–H and O–H groups in total. The van der Waals surface area contributed by atoms with E-state index in [9.17, 15) is 10.2 Å². The van der Waals surface area contributed by atoms with Gasteiger partial charge in [-0.2, -0.15) is 0 Å². The van der Waals surface area contributed by atoms with Crippen LogP contribution in [0.4, 0.5) is 0 Å². The maximum atomic E-state index is 10.4. The summed E-state index contributed by atoms with van der Waals surface area (Å²) in [6, 6.07) is 0. The standard InChI is InChI=1S/C12H20O2/c1-3-7-11(13)9-5-6-10-12(11,14)8-4-2/h3-4,13-14H,1-2,5-10H2/t11-,12-/m1/s1. The Morgan fingerprint density at radius 2 is 1.29 bits per heavy atom. The molecule has 0 bridgehead atoms. The second-order valence-electron chi connectivity index (χ2n) is 4.26. The van der Waals surface area contributed by atoms with Crippen LogP contribution in [0.2, 0.25) is 0 Å². The van der Waals surface area contributed by atoms with Crippen LogP contribution in [0.15, 0.2) is 25.3 Å². The van der Waals surface area contributed by atoms with Crippen LogP contribution in [-0.4, -0.2) is 21.4 Å². The van der Waals surface area contributed by atoms with Gasteiger partial charge < -0.3 is 10.2 Å². The number of hydrogen-bond donors (Lipinski definition) is 2. The van der Waals surface area contributed by atoms with E-state index in [1.54, 1.807) is 12.2 Å². The van der Waals surface area contributed by atoms with Crippen LogP contribution < -0.4 is 0 Å². The number of hydrogen-bond acceptors (Lipinski definition) is 2. The van der Waals surface area contributed by atoms with Crippen molar-refractivity contribution >= 4 is 0 Å². The third kappa shape index (κ3) is 1.91. The fourth-order valence-electron chi connectivity index (χ4n) is 2.36. The Morgan fingerprint density at radius 1 is 0.929 bits per heavy atom. The van der Waals surface area contributed by atoms with Gasteiger partial charge in [-0.05, 0) is 25.7 Å². The highest BCUT2D eigenvalue weighted by Gasteiger charge is 2.48. The Hall–Kier alpha value is -0.600. The van der Waals surface area contributed by atoms with E-state index in [1.165, 1.54) is 0 Å². The summed E-state index contributed by atoms with van der Waals surface area (Å²) in [4.78, 5) is 0. The van der Waals surface area contributed by atoms with Gasteiger partial charge in [0.15, 0.2) is 0 Å². The molecule has 0 unspecified atom stereocenters. The van der Waals surface area contributed by atoms with Gasteiger partial charge in [-0.3, -0.25) is 0 Å². The van der Waals surface area contributed by atoms with Gasteiger partial charge in [-0.25, -0.2) is 0 Å². The van der Waals surface area contributed by atoms with E-state index in [4.69, 9.17) is 0 Å². The fraction of sp³-hybridized carbons (Fsp3) is 0.667. The van der Waals surface area contributed by atoms with Gasteiger partial charge in [0.05, 0.1) is 11.2 Å². The molecule has 2 heteroatoms. The zero-order valence-electron chi connectivity index (χ0n) is 8.71. The molecule has 1 aliphatic carbocycles. The Bertz CT molecular complexity index is 200. The largest absolute Gasteiger partial charge is 0.387 e. The van der Waals surface area contributed by atoms with Crippen molar-refractivity contribution in [1.82, 2.24) is 0 Å². The molecule has 2 atom stereocenters. The summed E-state index contributed by atoms with van der Waals surface area (Å²) < 4.78 is 0. The predicted octanol–water partition coefficient (Wildman–Crippen LogP) is 2.17. The average molecular weight is 196 g/mol. The van der Waals surface area contributed by atoms with Crippen LogP contribution in [0.1, 0.15) is 38.5 Å². The molecule has 0 spiro atoms. The summed E-state index contributed by atoms with van der Waals surface area (Å²) in [5.41, 5.74) is -2.00. The highest BCUT2D eigenvalue weighted by atomic mass is 16.4. The number of rotatable bonds is 4. The summed E-state index contributed by atoms with van der Waals surface area (Å²) in [7, 11) is 0. The lowest BCUT2D eigenvalue weighted by Crippen LogP contribution is -2.55. The van der Waals surface area contributed by atoms with Crippen molar-refractivity contribution in [3.05, 3.63) is 25.3 Å². The molecule has 0 heterocycles. The Balaban J connectivity index is 2.85. The van der Waals surface area contributed by atoms with Crippen LogP contribution >= 0.6 is 0 Å². The van der Waals surface area contributed by atoms with Gasteiger partial charge in [0.1, 0.15) is 0 Å². The van der Waals surface area contributed by atoms with Crippen molar-refractivity contribution < 1.29 is 10.2 Å². The van der Waals surface area contributed by atoms with E-state index in [0.717, 1.165) is 12.8 Å². The van der Waals surface area contributed by atoms with Crippen LogP contribution in [0.5, 0.6) is 0 Å². The van der Waals surface area contributed by atoms with E-state index in [2.05, 4.69) is 13.2 Å². The van der Waals surface area contributed by atoms with Crippen LogP contribution in [-0.2, 0) is 0 Å². The molecule has 0 aromatic heterocycles. The zero-order chi connectivity index (χ0) is 10.7. The van der Waals surface area contributed by atoms with Crippen molar-refractivity contribution in [3.63, 3.8) is 0 Å². The third-order valence-corrected chi connectivity index (χ3v) is 3.26. The third-order valence-electron chi connectivity index (χ3n) is 3.26. The van der Waals surface area contributed by atoms with Gasteiger partial charge in [0.2, 0.25) is 0 Å². The van der Waals surface area contributed by atoms with Gasteiger partial charge in [-0.15, -0.1) is 13.2 Å². The van der Waals surface area contributed by atoms with Gasteiger partial charge >= 0.3 is 0 Å². The monoisotopic (exact) mass is 196 g/mol. The van der Waals surface area contributed by atoms with Crippen molar-refractivity contribution in [2.45, 2.75) is 49.7 Å². The molecule has 14 heavy (non-hydrogen) atoms. The predicted molar refractivity (Wildman–Crippen MR) is 58.0 cm³/mol. The summed E-state index contributed by atoms with van der Waals surface area (Å²) in [6.45, 7) is 7.26. The molecule has 80 valence electrons. The molecule has 1 fully saturated rings. The van der Waals surface area contributed by atoms with Crippen molar-refractivity contribution in [2.24, 2.45) is 0 Å². The topological polar surface area (TPSA) is 40.5 Å². The van der Waals surface area contributed by atoms with E-state index in [-0.39, 0.29) is 0 Å². The second-order valence-corrected chi connectivity index (χ2v) is 4.26. The lowest BCUT2D eigenvalue weighted by molar-refractivity contribution is -0.171. The van der Waals surface area contributed by atoms with Crippen molar-refractivity contribution in [3.8, 4) is 0 Å². The van der Waals surface area contributed by atoms with Crippen LogP contribution in [0.25, 0.3) is 0 Å². The van der Waals surface area contributed by atoms with Gasteiger partial charge in [0.25, 0.3) is 0 Å². The minimum atomic E-state index is -0.999. The van der Waals surface area contributed by atoms with E-state index >= 15 is 0 Å². The zero-order valence-corrected chi connectivity index (χ0v) is 8.71. The quantitative estimate of drug-likeness (QED) is 0.676. The SMILES string of the molecule is C=CC[C@@]1(O)CCCC[C@]1(O)CC=C. The Kier molecular flexibility index (Phi) is 3.51. The Labute approximate surface area is 86.0 Å². The second kappa shape index (κ2) is 4.28. The first-order valence-electron chi connectivity index (χ1n) is 5.24. The molecule has 0 aromatic carbocycles.